The fraction of sp³-hybridized carbons (Fsp3) is 0.333. The van der Waals surface area contributed by atoms with Gasteiger partial charge < -0.3 is 4.74 Å². The number of ether oxygens (including phenoxy) is 1. The zero-order valence-electron chi connectivity index (χ0n) is 9.50. The van der Waals surface area contributed by atoms with Crippen molar-refractivity contribution in [2.45, 2.75) is 18.5 Å². The van der Waals surface area contributed by atoms with Gasteiger partial charge in [0.25, 0.3) is 0 Å². The third kappa shape index (κ3) is 4.15. The zero-order valence-corrected chi connectivity index (χ0v) is 12.2. The Morgan fingerprint density at radius 1 is 1.44 bits per heavy atom. The predicted molar refractivity (Wildman–Crippen MR) is 82.6 cm³/mol. The monoisotopic (exact) mass is 299 g/mol. The molecular formula is C12H15Cl2LiO2P. The van der Waals surface area contributed by atoms with Crippen molar-refractivity contribution in [2.75, 3.05) is 7.11 Å². The Morgan fingerprint density at radius 3 is 2.50 bits per heavy atom. The molecule has 0 amide bonds. The zero-order chi connectivity index (χ0) is 13.0. The van der Waals surface area contributed by atoms with Gasteiger partial charge in [0, 0.05) is 5.66 Å². The summed E-state index contributed by atoms with van der Waals surface area (Å²) in [6.07, 6.45) is 1.36. The first-order valence-corrected chi connectivity index (χ1v) is 6.56. The number of carbonyl (C=O) groups excluding carboxylic acids is 1. The van der Waals surface area contributed by atoms with Crippen LogP contribution < -0.4 is 4.74 Å². The number of carbonyl (C=O) groups is 1. The molecule has 0 fully saturated rings. The fourth-order valence-electron chi connectivity index (χ4n) is 1.50. The first-order valence-electron chi connectivity index (χ1n) is 5.14. The summed E-state index contributed by atoms with van der Waals surface area (Å²) in [4.78, 5) is 12.2. The van der Waals surface area contributed by atoms with Gasteiger partial charge in [0.1, 0.15) is 5.75 Å². The van der Waals surface area contributed by atoms with E-state index < -0.39 is 0 Å². The summed E-state index contributed by atoms with van der Waals surface area (Å²) in [7, 11) is 3.97. The second kappa shape index (κ2) is 8.46. The summed E-state index contributed by atoms with van der Waals surface area (Å²) in [6.45, 7) is 3.73. The van der Waals surface area contributed by atoms with Crippen LogP contribution in [0.3, 0.4) is 0 Å². The number of benzene rings is 1. The molecular weight excluding hydrogens is 285 g/mol. The molecule has 6 heteroatoms. The van der Waals surface area contributed by atoms with Gasteiger partial charge in [-0.05, 0) is 18.6 Å². The van der Waals surface area contributed by atoms with Gasteiger partial charge in [0.15, 0.2) is 5.78 Å². The van der Waals surface area contributed by atoms with Crippen molar-refractivity contribution in [3.63, 3.8) is 0 Å². The van der Waals surface area contributed by atoms with Crippen molar-refractivity contribution in [2.24, 2.45) is 0 Å². The average Bonchev–Trinajstić information content (AvgIpc) is 2.31. The van der Waals surface area contributed by atoms with E-state index in [0.29, 0.717) is 34.2 Å². The van der Waals surface area contributed by atoms with E-state index in [-0.39, 0.29) is 30.3 Å². The van der Waals surface area contributed by atoms with Crippen molar-refractivity contribution in [3.8, 4) is 5.75 Å². The number of hydrogen-bond donors (Lipinski definition) is 0. The van der Waals surface area contributed by atoms with E-state index in [9.17, 15) is 4.79 Å². The molecule has 18 heavy (non-hydrogen) atoms. The molecule has 0 aliphatic carbocycles. The quantitative estimate of drug-likeness (QED) is 0.473. The second-order valence-electron chi connectivity index (χ2n) is 3.55. The standard InChI is InChI=1S/C12H14Cl2O2P.Li.H/c1-3-4-9(17)11(15)10-7(13)5-6-8(14)12(10)16-2;;/h5-6,9H,1,3-4,17H2,2H3;;. The summed E-state index contributed by atoms with van der Waals surface area (Å²) in [6, 6.07) is 3.21. The van der Waals surface area contributed by atoms with Crippen LogP contribution in [0.5, 0.6) is 5.75 Å². The number of rotatable bonds is 5. The molecule has 1 rings (SSSR count). The molecule has 0 spiro atoms. The maximum absolute atomic E-state index is 12.2. The summed E-state index contributed by atoms with van der Waals surface area (Å²) < 4.78 is 5.14. The van der Waals surface area contributed by atoms with E-state index in [1.165, 1.54) is 7.11 Å². The number of halogens is 2. The van der Waals surface area contributed by atoms with Crippen molar-refractivity contribution < 1.29 is 9.53 Å². The van der Waals surface area contributed by atoms with Crippen LogP contribution in [0, 0.1) is 6.92 Å². The van der Waals surface area contributed by atoms with E-state index in [2.05, 4.69) is 16.2 Å². The number of methoxy groups -OCH3 is 1. The Labute approximate surface area is 132 Å². The maximum atomic E-state index is 12.2. The molecule has 2 unspecified atom stereocenters. The number of ketones is 1. The van der Waals surface area contributed by atoms with Gasteiger partial charge >= 0.3 is 18.9 Å². The number of Topliss-reactive ketones (excluding diaryl/α,β-unsaturated/α-hetero) is 1. The predicted octanol–water partition coefficient (Wildman–Crippen LogP) is 3.39. The van der Waals surface area contributed by atoms with Crippen LogP contribution >= 0.6 is 32.4 Å². The van der Waals surface area contributed by atoms with E-state index in [1.54, 1.807) is 12.1 Å². The minimum atomic E-state index is -0.225. The molecule has 0 aliphatic heterocycles. The molecule has 0 aliphatic rings. The molecule has 2 atom stereocenters. The van der Waals surface area contributed by atoms with E-state index in [0.717, 1.165) is 0 Å². The molecule has 0 saturated heterocycles. The molecule has 2 nitrogen and oxygen atoms in total. The Bertz CT molecular complexity index is 427. The summed E-state index contributed by atoms with van der Waals surface area (Å²) in [5, 5.41) is 0.736. The van der Waals surface area contributed by atoms with Crippen LogP contribution in [0.4, 0.5) is 0 Å². The second-order valence-corrected chi connectivity index (χ2v) is 5.17. The molecule has 0 aromatic heterocycles. The van der Waals surface area contributed by atoms with Gasteiger partial charge in [0.2, 0.25) is 0 Å². The van der Waals surface area contributed by atoms with Gasteiger partial charge in [-0.25, -0.2) is 0 Å². The summed E-state index contributed by atoms with van der Waals surface area (Å²) >= 11 is 12.0. The van der Waals surface area contributed by atoms with Crippen LogP contribution in [0.1, 0.15) is 23.2 Å². The van der Waals surface area contributed by atoms with Crippen molar-refractivity contribution in [3.05, 3.63) is 34.7 Å². The molecule has 0 saturated carbocycles. The van der Waals surface area contributed by atoms with Gasteiger partial charge in [0.05, 0.1) is 22.7 Å². The fourth-order valence-corrected chi connectivity index (χ4v) is 2.38. The topological polar surface area (TPSA) is 26.3 Å². The van der Waals surface area contributed by atoms with Crippen LogP contribution in [-0.4, -0.2) is 37.4 Å². The Balaban J connectivity index is 0.00000289. The van der Waals surface area contributed by atoms with Crippen LogP contribution in [0.25, 0.3) is 0 Å². The van der Waals surface area contributed by atoms with Crippen molar-refractivity contribution >= 4 is 57.1 Å². The third-order valence-electron chi connectivity index (χ3n) is 2.36. The molecule has 95 valence electrons. The molecule has 0 bridgehead atoms. The van der Waals surface area contributed by atoms with Gasteiger partial charge in [-0.15, -0.1) is 9.24 Å². The van der Waals surface area contributed by atoms with Crippen LogP contribution in [0.15, 0.2) is 12.1 Å². The van der Waals surface area contributed by atoms with E-state index in [1.807, 2.05) is 0 Å². The van der Waals surface area contributed by atoms with Crippen molar-refractivity contribution in [1.82, 2.24) is 0 Å². The average molecular weight is 300 g/mol. The normalized spacial score (nSPS) is 11.6. The SMILES string of the molecule is [CH2]CCC(P)C(=O)c1c(Cl)ccc(Cl)c1OC.[LiH]. The van der Waals surface area contributed by atoms with Gasteiger partial charge in [-0.3, -0.25) is 4.79 Å². The van der Waals surface area contributed by atoms with E-state index >= 15 is 0 Å². The van der Waals surface area contributed by atoms with Crippen molar-refractivity contribution in [1.29, 1.82) is 0 Å². The molecule has 0 N–H and O–H groups in total. The molecule has 1 aromatic rings. The molecule has 0 heterocycles. The van der Waals surface area contributed by atoms with E-state index in [4.69, 9.17) is 27.9 Å². The number of hydrogen-bond acceptors (Lipinski definition) is 2. The molecule has 1 aromatic carbocycles. The Morgan fingerprint density at radius 2 is 2.00 bits per heavy atom. The summed E-state index contributed by atoms with van der Waals surface area (Å²) in [5.41, 5.74) is 0.118. The van der Waals surface area contributed by atoms with Crippen LogP contribution in [0.2, 0.25) is 10.0 Å². The van der Waals surface area contributed by atoms with Gasteiger partial charge in [-0.2, -0.15) is 0 Å². The molecule has 1 radical (unpaired) electrons. The Hall–Kier alpha value is 0.297. The summed E-state index contributed by atoms with van der Waals surface area (Å²) in [5.74, 6) is 0.240. The van der Waals surface area contributed by atoms with Crippen LogP contribution in [-0.2, 0) is 0 Å². The first kappa shape index (κ1) is 18.3. The third-order valence-corrected chi connectivity index (χ3v) is 3.61. The minimum absolute atomic E-state index is 0. The van der Waals surface area contributed by atoms with Gasteiger partial charge in [-0.1, -0.05) is 36.5 Å². The first-order chi connectivity index (χ1) is 8.02. The Kier molecular flexibility index (Phi) is 8.60.